The van der Waals surface area contributed by atoms with Crippen LogP contribution in [-0.2, 0) is 39.0 Å². The van der Waals surface area contributed by atoms with Gasteiger partial charge in [-0.1, -0.05) is 110 Å². The maximum absolute atomic E-state index is 14.6. The van der Waals surface area contributed by atoms with Crippen LogP contribution in [0.2, 0.25) is 10.0 Å². The number of hydrogen-bond donors (Lipinski definition) is 1. The minimum atomic E-state index is -4.19. The van der Waals surface area contributed by atoms with Gasteiger partial charge in [0.1, 0.15) is 12.6 Å². The summed E-state index contributed by atoms with van der Waals surface area (Å²) >= 11 is 12.8. The van der Waals surface area contributed by atoms with Crippen molar-refractivity contribution in [3.63, 3.8) is 0 Å². The maximum Gasteiger partial charge on any atom is 0.264 e. The summed E-state index contributed by atoms with van der Waals surface area (Å²) in [4.78, 5) is 30.1. The second-order valence-electron chi connectivity index (χ2n) is 11.1. The standard InChI is InChI=1S/C36H39Cl2N3O4S/c1-4-26(3)39-36(43)34(22-27-14-8-6-9-15-27)40(24-29-20-21-30(37)23-32(29)38)35(42)25-41(33-19-13-12-16-28(33)5-2)46(44,45)31-17-10-7-11-18-31/h6-21,23,26,34H,4-5,22,24-25H2,1-3H3,(H,39,43)/t26-,34-/m1/s1. The molecule has 0 aliphatic carbocycles. The third kappa shape index (κ3) is 8.69. The van der Waals surface area contributed by atoms with Crippen molar-refractivity contribution in [2.75, 3.05) is 10.8 Å². The Kier molecular flexibility index (Phi) is 12.3. The highest BCUT2D eigenvalue weighted by Gasteiger charge is 2.35. The highest BCUT2D eigenvalue weighted by Crippen LogP contribution is 2.29. The van der Waals surface area contributed by atoms with Crippen molar-refractivity contribution in [1.29, 1.82) is 0 Å². The van der Waals surface area contributed by atoms with Crippen molar-refractivity contribution in [1.82, 2.24) is 10.2 Å². The summed E-state index contributed by atoms with van der Waals surface area (Å²) in [5.41, 5.74) is 2.57. The van der Waals surface area contributed by atoms with E-state index in [0.29, 0.717) is 34.1 Å². The largest absolute Gasteiger partial charge is 0.352 e. The number of amides is 2. The van der Waals surface area contributed by atoms with Gasteiger partial charge in [0.05, 0.1) is 10.6 Å². The fourth-order valence-corrected chi connectivity index (χ4v) is 7.06. The Labute approximate surface area is 282 Å². The Balaban J connectivity index is 1.85. The summed E-state index contributed by atoms with van der Waals surface area (Å²) in [5, 5.41) is 3.79. The lowest BCUT2D eigenvalue weighted by Gasteiger charge is -2.35. The summed E-state index contributed by atoms with van der Waals surface area (Å²) in [7, 11) is -4.19. The van der Waals surface area contributed by atoms with Crippen molar-refractivity contribution < 1.29 is 18.0 Å². The van der Waals surface area contributed by atoms with Gasteiger partial charge in [0.25, 0.3) is 10.0 Å². The molecule has 4 aromatic rings. The van der Waals surface area contributed by atoms with Crippen molar-refractivity contribution in [2.24, 2.45) is 0 Å². The Bertz CT molecular complexity index is 1740. The second kappa shape index (κ2) is 16.1. The summed E-state index contributed by atoms with van der Waals surface area (Å²) < 4.78 is 29.6. The lowest BCUT2D eigenvalue weighted by molar-refractivity contribution is -0.140. The molecule has 7 nitrogen and oxygen atoms in total. The first-order valence-corrected chi connectivity index (χ1v) is 17.5. The molecule has 2 amide bonds. The first kappa shape index (κ1) is 35.0. The van der Waals surface area contributed by atoms with Gasteiger partial charge in [-0.2, -0.15) is 0 Å². The quantitative estimate of drug-likeness (QED) is 0.151. The summed E-state index contributed by atoms with van der Waals surface area (Å²) in [6, 6.07) is 28.4. The number of halogens is 2. The summed E-state index contributed by atoms with van der Waals surface area (Å²) in [6.07, 6.45) is 1.44. The predicted octanol–water partition coefficient (Wildman–Crippen LogP) is 7.31. The molecule has 1 N–H and O–H groups in total. The van der Waals surface area contributed by atoms with Gasteiger partial charge < -0.3 is 10.2 Å². The van der Waals surface area contributed by atoms with Gasteiger partial charge in [-0.05, 0) is 66.8 Å². The van der Waals surface area contributed by atoms with Crippen molar-refractivity contribution in [2.45, 2.75) is 63.6 Å². The van der Waals surface area contributed by atoms with E-state index in [4.69, 9.17) is 23.2 Å². The number of para-hydroxylation sites is 1. The van der Waals surface area contributed by atoms with Gasteiger partial charge in [0.15, 0.2) is 0 Å². The molecule has 0 unspecified atom stereocenters. The fraction of sp³-hybridized carbons (Fsp3) is 0.278. The molecule has 0 heterocycles. The maximum atomic E-state index is 14.6. The van der Waals surface area contributed by atoms with Crippen LogP contribution >= 0.6 is 23.2 Å². The smallest absolute Gasteiger partial charge is 0.264 e. The molecule has 0 radical (unpaired) electrons. The van der Waals surface area contributed by atoms with E-state index < -0.39 is 28.5 Å². The van der Waals surface area contributed by atoms with Crippen LogP contribution in [-0.4, -0.2) is 43.8 Å². The topological polar surface area (TPSA) is 86.8 Å². The molecule has 0 aromatic heterocycles. The SMILES string of the molecule is CCc1ccccc1N(CC(=O)N(Cc1ccc(Cl)cc1Cl)[C@H](Cc1ccccc1)C(=O)N[C@H](C)CC)S(=O)(=O)c1ccccc1. The van der Waals surface area contributed by atoms with E-state index in [1.54, 1.807) is 48.5 Å². The molecule has 0 saturated heterocycles. The number of carbonyl (C=O) groups excluding carboxylic acids is 2. The third-order valence-corrected chi connectivity index (χ3v) is 10.2. The Morgan fingerprint density at radius 2 is 1.46 bits per heavy atom. The zero-order valence-corrected chi connectivity index (χ0v) is 28.5. The van der Waals surface area contributed by atoms with Gasteiger partial charge in [-0.15, -0.1) is 0 Å². The number of nitrogens with zero attached hydrogens (tertiary/aromatic N) is 2. The first-order valence-electron chi connectivity index (χ1n) is 15.3. The Morgan fingerprint density at radius 3 is 2.09 bits per heavy atom. The molecule has 0 spiro atoms. The third-order valence-electron chi connectivity index (χ3n) is 7.88. The van der Waals surface area contributed by atoms with Crippen molar-refractivity contribution in [3.05, 3.63) is 130 Å². The van der Waals surface area contributed by atoms with Crippen LogP contribution in [0.5, 0.6) is 0 Å². The zero-order chi connectivity index (χ0) is 33.3. The van der Waals surface area contributed by atoms with Crippen LogP contribution in [0.15, 0.2) is 108 Å². The molecule has 46 heavy (non-hydrogen) atoms. The van der Waals surface area contributed by atoms with E-state index in [0.717, 1.165) is 15.4 Å². The molecule has 242 valence electrons. The summed E-state index contributed by atoms with van der Waals surface area (Å²) in [6.45, 7) is 5.20. The zero-order valence-electron chi connectivity index (χ0n) is 26.2. The van der Waals surface area contributed by atoms with Crippen LogP contribution in [0.25, 0.3) is 0 Å². The molecule has 0 bridgehead atoms. The van der Waals surface area contributed by atoms with Gasteiger partial charge in [0.2, 0.25) is 11.8 Å². The number of nitrogens with one attached hydrogen (secondary N) is 1. The number of hydrogen-bond acceptors (Lipinski definition) is 4. The lowest BCUT2D eigenvalue weighted by atomic mass is 10.0. The van der Waals surface area contributed by atoms with Crippen LogP contribution in [0, 0.1) is 0 Å². The predicted molar refractivity (Wildman–Crippen MR) is 186 cm³/mol. The lowest BCUT2D eigenvalue weighted by Crippen LogP contribution is -2.54. The Morgan fingerprint density at radius 1 is 0.826 bits per heavy atom. The van der Waals surface area contributed by atoms with E-state index in [2.05, 4.69) is 5.32 Å². The number of anilines is 1. The fourth-order valence-electron chi connectivity index (χ4n) is 5.11. The molecular formula is C36H39Cl2N3O4S. The average molecular weight is 681 g/mol. The molecule has 2 atom stereocenters. The monoisotopic (exact) mass is 679 g/mol. The van der Waals surface area contributed by atoms with Crippen molar-refractivity contribution >= 4 is 50.7 Å². The minimum Gasteiger partial charge on any atom is -0.352 e. The Hall–Kier alpha value is -3.85. The normalized spacial score (nSPS) is 12.6. The molecule has 4 aromatic carbocycles. The van der Waals surface area contributed by atoms with Gasteiger partial charge in [-0.25, -0.2) is 8.42 Å². The van der Waals surface area contributed by atoms with Crippen LogP contribution in [0.4, 0.5) is 5.69 Å². The molecule has 0 aliphatic rings. The number of benzene rings is 4. The first-order chi connectivity index (χ1) is 22.0. The number of sulfonamides is 1. The molecule has 0 saturated carbocycles. The second-order valence-corrected chi connectivity index (χ2v) is 13.8. The summed E-state index contributed by atoms with van der Waals surface area (Å²) in [5.74, 6) is -0.903. The van der Waals surface area contributed by atoms with E-state index in [1.807, 2.05) is 63.2 Å². The van der Waals surface area contributed by atoms with E-state index in [9.17, 15) is 18.0 Å². The highest BCUT2D eigenvalue weighted by molar-refractivity contribution is 7.92. The highest BCUT2D eigenvalue weighted by atomic mass is 35.5. The van der Waals surface area contributed by atoms with E-state index in [-0.39, 0.29) is 29.8 Å². The van der Waals surface area contributed by atoms with E-state index >= 15 is 0 Å². The minimum absolute atomic E-state index is 0.0467. The average Bonchev–Trinajstić information content (AvgIpc) is 3.06. The van der Waals surface area contributed by atoms with Crippen LogP contribution in [0.3, 0.4) is 0 Å². The van der Waals surface area contributed by atoms with Crippen LogP contribution < -0.4 is 9.62 Å². The molecule has 0 aliphatic heterocycles. The van der Waals surface area contributed by atoms with Gasteiger partial charge >= 0.3 is 0 Å². The molecule has 0 fully saturated rings. The van der Waals surface area contributed by atoms with E-state index in [1.165, 1.54) is 17.0 Å². The molecule has 10 heteroatoms. The molecule has 4 rings (SSSR count). The van der Waals surface area contributed by atoms with Crippen molar-refractivity contribution in [3.8, 4) is 0 Å². The van der Waals surface area contributed by atoms with Gasteiger partial charge in [0, 0.05) is 29.1 Å². The number of aryl methyl sites for hydroxylation is 1. The van der Waals surface area contributed by atoms with Crippen LogP contribution in [0.1, 0.15) is 43.9 Å². The number of rotatable bonds is 14. The molecular weight excluding hydrogens is 641 g/mol. The van der Waals surface area contributed by atoms with Gasteiger partial charge in [-0.3, -0.25) is 13.9 Å². The number of carbonyl (C=O) groups is 2.